The number of aliphatic hydroxyl groups is 2. The van der Waals surface area contributed by atoms with Gasteiger partial charge in [-0.25, -0.2) is 4.79 Å². The summed E-state index contributed by atoms with van der Waals surface area (Å²) in [5.74, 6) is -11.7. The van der Waals surface area contributed by atoms with E-state index in [-0.39, 0.29) is 25.0 Å². The van der Waals surface area contributed by atoms with Crippen molar-refractivity contribution in [3.8, 4) is 0 Å². The van der Waals surface area contributed by atoms with Gasteiger partial charge in [-0.15, -0.1) is 0 Å². The van der Waals surface area contributed by atoms with Crippen LogP contribution in [0.1, 0.15) is 59.8 Å². The first kappa shape index (κ1) is 57.8. The molecule has 0 aliphatic carbocycles. The lowest BCUT2D eigenvalue weighted by molar-refractivity contribution is -0.144. The molecule has 16 N–H and O–H groups in total. The summed E-state index contributed by atoms with van der Waals surface area (Å²) in [6.45, 7) is 3.60. The van der Waals surface area contributed by atoms with Gasteiger partial charge in [0, 0.05) is 6.42 Å². The third kappa shape index (κ3) is 22.6. The minimum atomic E-state index is -1.76. The zero-order valence-electron chi connectivity index (χ0n) is 35.9. The second-order valence-electron chi connectivity index (χ2n) is 14.5. The smallest absolute Gasteiger partial charge is 0.326 e. The molecule has 0 aromatic carbocycles. The highest BCUT2D eigenvalue weighted by atomic mass is 32.2. The number of rotatable bonds is 31. The number of aliphatic hydroxyl groups excluding tert-OH is 2. The van der Waals surface area contributed by atoms with Gasteiger partial charge in [0.05, 0.1) is 31.7 Å². The Morgan fingerprint density at radius 3 is 1.44 bits per heavy atom. The van der Waals surface area contributed by atoms with Crippen molar-refractivity contribution >= 4 is 88.6 Å². The third-order valence-electron chi connectivity index (χ3n) is 8.78. The largest absolute Gasteiger partial charge is 0.481 e. The SMILES string of the molecule is CSCC[C@H](NC(=O)[C@H](C)N)C(=O)N[C@@H](CC(=O)O)C(=O)NCC(=O)N[C@H](C(=O)N[C@@H](CCSC)C(=O)N[C@@H](CO)C(=O)N[C@@H](CCC(N)=O)C(=O)N[C@H](C(=O)O)C(C)C)[C@@H](C)O. The van der Waals surface area contributed by atoms with Crippen molar-refractivity contribution in [2.24, 2.45) is 17.4 Å². The Labute approximate surface area is 372 Å². The van der Waals surface area contributed by atoms with Crippen LogP contribution in [0, 0.1) is 5.92 Å². The molecule has 0 spiro atoms. The Bertz CT molecular complexity index is 1620. The monoisotopic (exact) mass is 938 g/mol. The fourth-order valence-electron chi connectivity index (χ4n) is 5.21. The quantitative estimate of drug-likeness (QED) is 0.0308. The van der Waals surface area contributed by atoms with E-state index in [9.17, 15) is 73.2 Å². The first-order chi connectivity index (χ1) is 29.4. The van der Waals surface area contributed by atoms with E-state index in [4.69, 9.17) is 11.5 Å². The first-order valence-electron chi connectivity index (χ1n) is 19.5. The van der Waals surface area contributed by atoms with Crippen LogP contribution in [0.3, 0.4) is 0 Å². The standard InChI is InChI=1S/C36H62N10O15S2/c1-16(2)27(36(60)61)46-33(57)19(7-8-24(38)49)41-34(58)23(15-47)44-32(56)21(10-12-63-6)42-35(59)28(18(4)48)45-25(50)14-39-30(54)22(13-26(51)52)43-31(55)20(9-11-62-5)40-29(53)17(3)37/h16-23,27-28,47-48H,7-15,37H2,1-6H3,(H2,38,49)(H,39,54)(H,40,53)(H,41,58)(H,42,59)(H,43,55)(H,44,56)(H,45,50)(H,46,57)(H,51,52)(H,60,61)/t17-,18+,19-,20-,21-,22-,23-,27-,28-/m0/s1. The zero-order chi connectivity index (χ0) is 48.6. The van der Waals surface area contributed by atoms with Gasteiger partial charge in [-0.3, -0.25) is 47.9 Å². The molecule has 0 unspecified atom stereocenters. The summed E-state index contributed by atoms with van der Waals surface area (Å²) >= 11 is 2.61. The number of carbonyl (C=O) groups excluding carboxylic acids is 9. The second kappa shape index (κ2) is 29.9. The lowest BCUT2D eigenvalue weighted by Crippen LogP contribution is -2.61. The number of nitrogens with one attached hydrogen (secondary N) is 8. The first-order valence-corrected chi connectivity index (χ1v) is 22.3. The number of nitrogens with two attached hydrogens (primary N) is 2. The maximum atomic E-state index is 13.4. The molecule has 63 heavy (non-hydrogen) atoms. The zero-order valence-corrected chi connectivity index (χ0v) is 37.5. The molecule has 0 aliphatic heterocycles. The predicted molar refractivity (Wildman–Crippen MR) is 228 cm³/mol. The Morgan fingerprint density at radius 2 is 1.02 bits per heavy atom. The van der Waals surface area contributed by atoms with Crippen molar-refractivity contribution in [3.63, 3.8) is 0 Å². The van der Waals surface area contributed by atoms with Crippen molar-refractivity contribution in [1.82, 2.24) is 42.5 Å². The summed E-state index contributed by atoms with van der Waals surface area (Å²) in [6, 6.07) is -11.8. The van der Waals surface area contributed by atoms with Gasteiger partial charge in [-0.1, -0.05) is 13.8 Å². The van der Waals surface area contributed by atoms with E-state index in [0.717, 1.165) is 6.92 Å². The van der Waals surface area contributed by atoms with Crippen molar-refractivity contribution in [2.75, 3.05) is 37.2 Å². The minimum Gasteiger partial charge on any atom is -0.481 e. The van der Waals surface area contributed by atoms with Crippen molar-refractivity contribution < 1.29 is 73.2 Å². The number of primary amides is 1. The maximum Gasteiger partial charge on any atom is 0.326 e. The number of aliphatic carboxylic acids is 2. The summed E-state index contributed by atoms with van der Waals surface area (Å²) in [5, 5.41) is 57.4. The lowest BCUT2D eigenvalue weighted by atomic mass is 10.0. The molecule has 0 aromatic heterocycles. The van der Waals surface area contributed by atoms with Gasteiger partial charge >= 0.3 is 11.9 Å². The molecule has 9 atom stereocenters. The Balaban J connectivity index is 5.97. The summed E-state index contributed by atoms with van der Waals surface area (Å²) < 4.78 is 0. The van der Waals surface area contributed by atoms with Crippen LogP contribution in [0.4, 0.5) is 0 Å². The van der Waals surface area contributed by atoms with E-state index >= 15 is 0 Å². The number of hydrogen-bond acceptors (Lipinski definition) is 16. The highest BCUT2D eigenvalue weighted by Crippen LogP contribution is 2.08. The van der Waals surface area contributed by atoms with Crippen LogP contribution in [-0.2, 0) is 52.7 Å². The van der Waals surface area contributed by atoms with Crippen LogP contribution in [0.5, 0.6) is 0 Å². The van der Waals surface area contributed by atoms with Crippen LogP contribution in [-0.4, -0.2) is 177 Å². The molecule has 358 valence electrons. The highest BCUT2D eigenvalue weighted by Gasteiger charge is 2.35. The Morgan fingerprint density at radius 1 is 0.571 bits per heavy atom. The highest BCUT2D eigenvalue weighted by molar-refractivity contribution is 7.98. The molecule has 0 aliphatic rings. The lowest BCUT2D eigenvalue weighted by Gasteiger charge is -2.27. The fourth-order valence-corrected chi connectivity index (χ4v) is 6.15. The van der Waals surface area contributed by atoms with Gasteiger partial charge in [0.15, 0.2) is 0 Å². The molecule has 0 aromatic rings. The molecule has 0 heterocycles. The molecule has 0 radical (unpaired) electrons. The number of amides is 9. The normalized spacial score (nSPS) is 15.3. The molecule has 0 fully saturated rings. The second-order valence-corrected chi connectivity index (χ2v) is 16.5. The topological polar surface area (TPSA) is 417 Å². The molecular formula is C36H62N10O15S2. The molecule has 9 amide bonds. The predicted octanol–water partition coefficient (Wildman–Crippen LogP) is -5.80. The average Bonchev–Trinajstić information content (AvgIpc) is 3.19. The molecule has 0 rings (SSSR count). The summed E-state index contributed by atoms with van der Waals surface area (Å²) in [5.41, 5.74) is 10.8. The average molecular weight is 939 g/mol. The number of hydrogen-bond donors (Lipinski definition) is 14. The van der Waals surface area contributed by atoms with Gasteiger partial charge in [0.2, 0.25) is 53.2 Å². The molecule has 0 bridgehead atoms. The third-order valence-corrected chi connectivity index (χ3v) is 10.1. The Hall–Kier alpha value is -5.25. The van der Waals surface area contributed by atoms with Gasteiger partial charge < -0.3 is 74.4 Å². The van der Waals surface area contributed by atoms with Gasteiger partial charge in [-0.05, 0) is 63.0 Å². The van der Waals surface area contributed by atoms with Gasteiger partial charge in [0.1, 0.15) is 42.3 Å². The van der Waals surface area contributed by atoms with E-state index in [0.29, 0.717) is 5.75 Å². The molecular weight excluding hydrogens is 877 g/mol. The van der Waals surface area contributed by atoms with Crippen LogP contribution in [0.2, 0.25) is 0 Å². The van der Waals surface area contributed by atoms with Crippen LogP contribution in [0.25, 0.3) is 0 Å². The minimum absolute atomic E-state index is 0.0891. The summed E-state index contributed by atoms with van der Waals surface area (Å²) in [7, 11) is 0. The van der Waals surface area contributed by atoms with Gasteiger partial charge in [0.25, 0.3) is 0 Å². The number of thioether (sulfide) groups is 2. The van der Waals surface area contributed by atoms with Crippen molar-refractivity contribution in [2.45, 2.75) is 114 Å². The fraction of sp³-hybridized carbons (Fsp3) is 0.694. The number of carboxylic acids is 2. The number of carbonyl (C=O) groups is 11. The Kier molecular flexibility index (Phi) is 27.4. The number of carboxylic acid groups (broad SMARTS) is 2. The molecule has 0 saturated carbocycles. The van der Waals surface area contributed by atoms with E-state index in [1.165, 1.54) is 44.3 Å². The van der Waals surface area contributed by atoms with E-state index in [1.807, 2.05) is 0 Å². The molecule has 0 saturated heterocycles. The van der Waals surface area contributed by atoms with Crippen molar-refractivity contribution in [3.05, 3.63) is 0 Å². The van der Waals surface area contributed by atoms with E-state index < -0.39 is 151 Å². The van der Waals surface area contributed by atoms with E-state index in [1.54, 1.807) is 12.5 Å². The van der Waals surface area contributed by atoms with E-state index in [2.05, 4.69) is 42.5 Å². The summed E-state index contributed by atoms with van der Waals surface area (Å²) in [4.78, 5) is 139. The van der Waals surface area contributed by atoms with Crippen LogP contribution < -0.4 is 54.0 Å². The van der Waals surface area contributed by atoms with Crippen LogP contribution in [0.15, 0.2) is 0 Å². The van der Waals surface area contributed by atoms with Gasteiger partial charge in [-0.2, -0.15) is 23.5 Å². The molecule has 27 heteroatoms. The summed E-state index contributed by atoms with van der Waals surface area (Å²) in [6.07, 6.45) is 0.103. The molecule has 25 nitrogen and oxygen atoms in total. The maximum absolute atomic E-state index is 13.4. The van der Waals surface area contributed by atoms with Crippen molar-refractivity contribution in [1.29, 1.82) is 0 Å². The van der Waals surface area contributed by atoms with Crippen LogP contribution >= 0.6 is 23.5 Å².